The molecule has 0 aliphatic carbocycles. The fourth-order valence-corrected chi connectivity index (χ4v) is 7.97. The lowest BCUT2D eigenvalue weighted by molar-refractivity contribution is 1.28. The Morgan fingerprint density at radius 2 is 0.875 bits per heavy atom. The third-order valence-corrected chi connectivity index (χ3v) is 10.4. The zero-order valence-electron chi connectivity index (χ0n) is 26.3. The molecule has 0 saturated heterocycles. The molecule has 226 valence electrons. The molecule has 0 saturated carbocycles. The minimum atomic E-state index is 1.11. The molecule has 0 bridgehead atoms. The molecule has 0 spiro atoms. The second-order valence-corrected chi connectivity index (χ2v) is 13.3. The predicted molar refractivity (Wildman–Crippen MR) is 208 cm³/mol. The largest absolute Gasteiger partial charge is 0.310 e. The number of fused-ring (bicyclic) bond motifs is 4. The molecule has 0 fully saturated rings. The molecule has 0 atom stereocenters. The van der Waals surface area contributed by atoms with E-state index in [9.17, 15) is 0 Å². The van der Waals surface area contributed by atoms with Crippen molar-refractivity contribution in [2.45, 2.75) is 0 Å². The fourth-order valence-electron chi connectivity index (χ4n) is 6.88. The smallest absolute Gasteiger partial charge is 0.0467 e. The third-order valence-electron chi connectivity index (χ3n) is 9.27. The molecule has 0 N–H and O–H groups in total. The van der Waals surface area contributed by atoms with Gasteiger partial charge in [-0.2, -0.15) is 0 Å². The number of thiophene rings is 1. The van der Waals surface area contributed by atoms with Crippen LogP contribution in [0.3, 0.4) is 0 Å². The van der Waals surface area contributed by atoms with Gasteiger partial charge < -0.3 is 4.90 Å². The Labute approximate surface area is 284 Å². The first-order valence-corrected chi connectivity index (χ1v) is 17.2. The van der Waals surface area contributed by atoms with Crippen LogP contribution in [0, 0.1) is 0 Å². The van der Waals surface area contributed by atoms with Gasteiger partial charge in [0.2, 0.25) is 0 Å². The maximum atomic E-state index is 2.36. The number of benzene rings is 8. The average Bonchev–Trinajstić information content (AvgIpc) is 3.54. The van der Waals surface area contributed by atoms with Crippen molar-refractivity contribution in [3.05, 3.63) is 188 Å². The van der Waals surface area contributed by atoms with Gasteiger partial charge in [-0.1, -0.05) is 133 Å². The van der Waals surface area contributed by atoms with E-state index < -0.39 is 0 Å². The summed E-state index contributed by atoms with van der Waals surface area (Å²) < 4.78 is 2.66. The van der Waals surface area contributed by atoms with Gasteiger partial charge in [0.25, 0.3) is 0 Å². The molecular formula is C46H31NS. The van der Waals surface area contributed by atoms with Gasteiger partial charge in [-0.15, -0.1) is 11.3 Å². The third kappa shape index (κ3) is 5.13. The fraction of sp³-hybridized carbons (Fsp3) is 0. The Kier molecular flexibility index (Phi) is 7.07. The second kappa shape index (κ2) is 12.0. The summed E-state index contributed by atoms with van der Waals surface area (Å²) in [6.07, 6.45) is 0. The quantitative estimate of drug-likeness (QED) is 0.177. The van der Waals surface area contributed by atoms with Gasteiger partial charge in [-0.25, -0.2) is 0 Å². The van der Waals surface area contributed by atoms with Crippen LogP contribution in [0.5, 0.6) is 0 Å². The lowest BCUT2D eigenvalue weighted by Gasteiger charge is -2.26. The summed E-state index contributed by atoms with van der Waals surface area (Å²) in [6, 6.07) is 68.2. The summed E-state index contributed by atoms with van der Waals surface area (Å²) in [6.45, 7) is 0. The molecule has 9 aromatic rings. The van der Waals surface area contributed by atoms with Crippen LogP contribution in [0.25, 0.3) is 64.3 Å². The summed E-state index contributed by atoms with van der Waals surface area (Å²) in [7, 11) is 0. The van der Waals surface area contributed by atoms with Gasteiger partial charge in [0.15, 0.2) is 0 Å². The van der Waals surface area contributed by atoms with Crippen LogP contribution in [-0.2, 0) is 0 Å². The summed E-state index contributed by atoms with van der Waals surface area (Å²) >= 11 is 1.86. The van der Waals surface area contributed by atoms with Crippen LogP contribution in [0.15, 0.2) is 188 Å². The van der Waals surface area contributed by atoms with Crippen LogP contribution in [0.1, 0.15) is 0 Å². The van der Waals surface area contributed by atoms with Gasteiger partial charge in [-0.05, 0) is 98.8 Å². The molecule has 1 nitrogen and oxygen atoms in total. The van der Waals surface area contributed by atoms with E-state index in [-0.39, 0.29) is 0 Å². The van der Waals surface area contributed by atoms with Crippen molar-refractivity contribution in [1.82, 2.24) is 0 Å². The van der Waals surface area contributed by atoms with Crippen LogP contribution in [-0.4, -0.2) is 0 Å². The lowest BCUT2D eigenvalue weighted by Crippen LogP contribution is -2.10. The molecular weight excluding hydrogens is 599 g/mol. The normalized spacial score (nSPS) is 11.3. The Bertz CT molecular complexity index is 2540. The van der Waals surface area contributed by atoms with Crippen molar-refractivity contribution in [2.75, 3.05) is 4.90 Å². The van der Waals surface area contributed by atoms with Crippen LogP contribution >= 0.6 is 11.3 Å². The Morgan fingerprint density at radius 1 is 0.312 bits per heavy atom. The SMILES string of the molecule is c1ccc(-c2ccc(N(c3ccc(-c4ccc5sc6ccccc6c5c4)cc3)c3cccc(-c4cccc5ccccc45)c3)cc2)cc1. The second-order valence-electron chi connectivity index (χ2n) is 12.2. The van der Waals surface area contributed by atoms with Crippen LogP contribution < -0.4 is 4.90 Å². The van der Waals surface area contributed by atoms with Crippen molar-refractivity contribution in [3.8, 4) is 33.4 Å². The molecule has 0 amide bonds. The van der Waals surface area contributed by atoms with E-state index in [4.69, 9.17) is 0 Å². The summed E-state index contributed by atoms with van der Waals surface area (Å²) in [5, 5.41) is 5.16. The molecule has 8 aromatic carbocycles. The summed E-state index contributed by atoms with van der Waals surface area (Å²) in [5.74, 6) is 0. The molecule has 0 radical (unpaired) electrons. The highest BCUT2D eigenvalue weighted by atomic mass is 32.1. The van der Waals surface area contributed by atoms with Gasteiger partial charge in [-0.3, -0.25) is 0 Å². The number of rotatable bonds is 6. The minimum absolute atomic E-state index is 1.11. The van der Waals surface area contributed by atoms with Gasteiger partial charge in [0, 0.05) is 37.2 Å². The first-order valence-electron chi connectivity index (χ1n) is 16.3. The van der Waals surface area contributed by atoms with Gasteiger partial charge in [0.1, 0.15) is 0 Å². The van der Waals surface area contributed by atoms with Crippen molar-refractivity contribution in [2.24, 2.45) is 0 Å². The monoisotopic (exact) mass is 629 g/mol. The zero-order chi connectivity index (χ0) is 31.9. The van der Waals surface area contributed by atoms with Crippen molar-refractivity contribution < 1.29 is 0 Å². The van der Waals surface area contributed by atoms with Crippen LogP contribution in [0.4, 0.5) is 17.1 Å². The molecule has 0 unspecified atom stereocenters. The van der Waals surface area contributed by atoms with Crippen molar-refractivity contribution in [3.63, 3.8) is 0 Å². The molecule has 48 heavy (non-hydrogen) atoms. The topological polar surface area (TPSA) is 3.24 Å². The first-order chi connectivity index (χ1) is 23.8. The maximum Gasteiger partial charge on any atom is 0.0467 e. The van der Waals surface area contributed by atoms with E-state index in [1.165, 1.54) is 64.3 Å². The predicted octanol–water partition coefficient (Wildman–Crippen LogP) is 13.7. The number of hydrogen-bond donors (Lipinski definition) is 0. The van der Waals surface area contributed by atoms with E-state index in [0.29, 0.717) is 0 Å². The number of hydrogen-bond acceptors (Lipinski definition) is 2. The Morgan fingerprint density at radius 3 is 1.67 bits per heavy atom. The average molecular weight is 630 g/mol. The van der Waals surface area contributed by atoms with E-state index in [1.54, 1.807) is 0 Å². The van der Waals surface area contributed by atoms with Crippen molar-refractivity contribution >= 4 is 59.3 Å². The molecule has 2 heteroatoms. The highest BCUT2D eigenvalue weighted by Crippen LogP contribution is 2.40. The summed E-state index contributed by atoms with van der Waals surface area (Å²) in [5.41, 5.74) is 10.6. The summed E-state index contributed by atoms with van der Waals surface area (Å²) in [4.78, 5) is 2.36. The lowest BCUT2D eigenvalue weighted by atomic mass is 9.97. The highest BCUT2D eigenvalue weighted by Gasteiger charge is 2.15. The molecule has 1 heterocycles. The number of nitrogens with zero attached hydrogens (tertiary/aromatic N) is 1. The van der Waals surface area contributed by atoms with Gasteiger partial charge in [0.05, 0.1) is 0 Å². The molecule has 9 rings (SSSR count). The standard InChI is InChI=1S/C46H31NS/c1-2-10-32(11-3-1)33-20-25-38(26-21-33)47(40-15-8-14-37(30-40)42-18-9-13-35-12-4-5-16-41(35)42)39-27-22-34(23-28-39)36-24-29-46-44(31-36)43-17-6-7-19-45(43)48-46/h1-31H. The first kappa shape index (κ1) is 28.3. The van der Waals surface area contributed by atoms with E-state index >= 15 is 0 Å². The van der Waals surface area contributed by atoms with Crippen molar-refractivity contribution in [1.29, 1.82) is 0 Å². The van der Waals surface area contributed by atoms with E-state index in [0.717, 1.165) is 17.1 Å². The molecule has 0 aliphatic rings. The van der Waals surface area contributed by atoms with Crippen LogP contribution in [0.2, 0.25) is 0 Å². The van der Waals surface area contributed by atoms with E-state index in [2.05, 4.69) is 193 Å². The highest BCUT2D eigenvalue weighted by molar-refractivity contribution is 7.25. The minimum Gasteiger partial charge on any atom is -0.310 e. The Balaban J connectivity index is 1.14. The maximum absolute atomic E-state index is 2.36. The van der Waals surface area contributed by atoms with Gasteiger partial charge >= 0.3 is 0 Å². The molecule has 0 aliphatic heterocycles. The molecule has 1 aromatic heterocycles. The van der Waals surface area contributed by atoms with E-state index in [1.807, 2.05) is 11.3 Å². The zero-order valence-corrected chi connectivity index (χ0v) is 27.1. The Hall–Kier alpha value is -5.96. The number of anilines is 3.